The Morgan fingerprint density at radius 3 is 1.79 bits per heavy atom. The second kappa shape index (κ2) is 19.5. The zero-order chi connectivity index (χ0) is 20.9. The first-order chi connectivity index (χ1) is 13.6. The molecule has 0 fully saturated rings. The van der Waals surface area contributed by atoms with Gasteiger partial charge in [-0.05, 0) is 46.0 Å². The molecule has 0 aliphatic rings. The topological polar surface area (TPSA) is 29.1 Å². The molecule has 3 heteroatoms. The summed E-state index contributed by atoms with van der Waals surface area (Å²) in [7, 11) is 2.26. The molecule has 0 saturated carbocycles. The van der Waals surface area contributed by atoms with Crippen LogP contribution in [0, 0.1) is 0 Å². The van der Waals surface area contributed by atoms with Gasteiger partial charge in [-0.2, -0.15) is 0 Å². The molecule has 0 spiro atoms. The van der Waals surface area contributed by atoms with Crippen molar-refractivity contribution in [2.24, 2.45) is 0 Å². The van der Waals surface area contributed by atoms with Crippen LogP contribution in [0.2, 0.25) is 0 Å². The Labute approximate surface area is 176 Å². The highest BCUT2D eigenvalue weighted by Crippen LogP contribution is 2.10. The molecule has 1 amide bonds. The predicted molar refractivity (Wildman–Crippen MR) is 125 cm³/mol. The van der Waals surface area contributed by atoms with E-state index in [1.807, 2.05) is 0 Å². The highest BCUT2D eigenvalue weighted by molar-refractivity contribution is 5.75. The number of quaternary nitrogens is 1. The van der Waals surface area contributed by atoms with Gasteiger partial charge in [0.25, 0.3) is 0 Å². The molecule has 0 unspecified atom stereocenters. The van der Waals surface area contributed by atoms with Gasteiger partial charge in [0.05, 0.1) is 33.2 Å². The van der Waals surface area contributed by atoms with Crippen LogP contribution >= 0.6 is 0 Å². The Hall–Kier alpha value is -0.830. The predicted octanol–water partition coefficient (Wildman–Crippen LogP) is 6.63. The lowest BCUT2D eigenvalue weighted by Gasteiger charge is -2.32. The average molecular weight is 396 g/mol. The molecule has 1 N–H and O–H groups in total. The van der Waals surface area contributed by atoms with Crippen LogP contribution in [0.5, 0.6) is 0 Å². The van der Waals surface area contributed by atoms with Gasteiger partial charge in [0.1, 0.15) is 0 Å². The maximum atomic E-state index is 11.9. The van der Waals surface area contributed by atoms with E-state index in [-0.39, 0.29) is 5.91 Å². The van der Waals surface area contributed by atoms with Gasteiger partial charge in [-0.25, -0.2) is 0 Å². The summed E-state index contributed by atoms with van der Waals surface area (Å²) >= 11 is 0. The highest BCUT2D eigenvalue weighted by Gasteiger charge is 2.15. The van der Waals surface area contributed by atoms with E-state index in [1.165, 1.54) is 77.0 Å². The van der Waals surface area contributed by atoms with Crippen molar-refractivity contribution in [2.75, 3.05) is 33.2 Å². The average Bonchev–Trinajstić information content (AvgIpc) is 2.70. The Morgan fingerprint density at radius 1 is 0.750 bits per heavy atom. The lowest BCUT2D eigenvalue weighted by Crippen LogP contribution is -2.48. The van der Waals surface area contributed by atoms with E-state index in [9.17, 15) is 4.79 Å². The number of nitrogens with zero attached hydrogens (tertiary/aromatic N) is 1. The number of hydrogen-bond donors (Lipinski definition) is 1. The molecule has 0 aliphatic heterocycles. The summed E-state index contributed by atoms with van der Waals surface area (Å²) in [6.45, 7) is 10.8. The van der Waals surface area contributed by atoms with Gasteiger partial charge in [0, 0.05) is 6.42 Å². The van der Waals surface area contributed by atoms with Crippen molar-refractivity contribution in [3.8, 4) is 0 Å². The van der Waals surface area contributed by atoms with Gasteiger partial charge in [-0.15, -0.1) is 0 Å². The summed E-state index contributed by atoms with van der Waals surface area (Å²) in [5.74, 6) is 0.233. The first-order valence-electron chi connectivity index (χ1n) is 12.3. The molecule has 0 radical (unpaired) electrons. The van der Waals surface area contributed by atoms with Crippen LogP contribution in [0.25, 0.3) is 0 Å². The normalized spacial score (nSPS) is 12.0. The van der Waals surface area contributed by atoms with Crippen molar-refractivity contribution in [3.63, 3.8) is 0 Å². The maximum absolute atomic E-state index is 11.9. The van der Waals surface area contributed by atoms with Crippen LogP contribution in [0.1, 0.15) is 111 Å². The molecule has 0 aromatic heterocycles. The van der Waals surface area contributed by atoms with Gasteiger partial charge in [-0.1, -0.05) is 70.4 Å². The van der Waals surface area contributed by atoms with E-state index in [1.54, 1.807) is 0 Å². The standard InChI is InChI=1S/C25H50N2O/c1-5-8-9-10-11-12-13-14-15-16-17-18-19-20-21-22-25(28)26-23-24-27(4,6-2)7-3/h14-15H,5-13,16-24H2,1-4H3/p+1/b15-14-. The summed E-state index contributed by atoms with van der Waals surface area (Å²) in [5, 5.41) is 3.09. The van der Waals surface area contributed by atoms with Gasteiger partial charge < -0.3 is 9.80 Å². The number of allylic oxidation sites excluding steroid dienone is 2. The zero-order valence-corrected chi connectivity index (χ0v) is 19.7. The van der Waals surface area contributed by atoms with Crippen molar-refractivity contribution in [3.05, 3.63) is 12.2 Å². The quantitative estimate of drug-likeness (QED) is 0.140. The zero-order valence-electron chi connectivity index (χ0n) is 19.7. The second-order valence-corrected chi connectivity index (χ2v) is 8.66. The number of likely N-dealkylation sites (N-methyl/N-ethyl adjacent to an activating group) is 1. The molecule has 0 saturated heterocycles. The Morgan fingerprint density at radius 2 is 1.25 bits per heavy atom. The van der Waals surface area contributed by atoms with Crippen molar-refractivity contribution in [1.82, 2.24) is 5.32 Å². The number of rotatable bonds is 20. The fourth-order valence-corrected chi connectivity index (χ4v) is 3.45. The van der Waals surface area contributed by atoms with E-state index in [0.29, 0.717) is 6.42 Å². The van der Waals surface area contributed by atoms with E-state index in [2.05, 4.69) is 45.3 Å². The van der Waals surface area contributed by atoms with Crippen LogP contribution in [0.15, 0.2) is 12.2 Å². The van der Waals surface area contributed by atoms with Crippen LogP contribution in [0.3, 0.4) is 0 Å². The molecule has 166 valence electrons. The molecule has 0 atom stereocenters. The fraction of sp³-hybridized carbons (Fsp3) is 0.880. The first-order valence-corrected chi connectivity index (χ1v) is 12.3. The number of hydrogen-bond acceptors (Lipinski definition) is 1. The number of amides is 1. The first kappa shape index (κ1) is 27.2. The molecule has 0 aromatic carbocycles. The lowest BCUT2D eigenvalue weighted by atomic mass is 10.1. The molecular weight excluding hydrogens is 344 g/mol. The van der Waals surface area contributed by atoms with Crippen molar-refractivity contribution in [2.45, 2.75) is 111 Å². The summed E-state index contributed by atoms with van der Waals surface area (Å²) in [4.78, 5) is 11.9. The number of unbranched alkanes of at least 4 members (excludes halogenated alkanes) is 11. The number of carbonyl (C=O) groups is 1. The SMILES string of the molecule is CCCCCCCC/C=C\CCCCCCCC(=O)NCC[N+](C)(CC)CC. The van der Waals surface area contributed by atoms with E-state index in [4.69, 9.17) is 0 Å². The van der Waals surface area contributed by atoms with Crippen molar-refractivity contribution < 1.29 is 9.28 Å². The Bertz CT molecular complexity index is 375. The van der Waals surface area contributed by atoms with Crippen LogP contribution in [-0.4, -0.2) is 43.6 Å². The van der Waals surface area contributed by atoms with Gasteiger partial charge >= 0.3 is 0 Å². The Kier molecular flexibility index (Phi) is 18.9. The monoisotopic (exact) mass is 395 g/mol. The summed E-state index contributed by atoms with van der Waals surface area (Å²) in [6.07, 6.45) is 22.3. The van der Waals surface area contributed by atoms with Crippen molar-refractivity contribution >= 4 is 5.91 Å². The molecular formula is C25H51N2O+. The smallest absolute Gasteiger partial charge is 0.220 e. The van der Waals surface area contributed by atoms with Gasteiger partial charge in [0.2, 0.25) is 5.91 Å². The van der Waals surface area contributed by atoms with Crippen LogP contribution in [0.4, 0.5) is 0 Å². The minimum absolute atomic E-state index is 0.233. The summed E-state index contributed by atoms with van der Waals surface area (Å²) in [5.41, 5.74) is 0. The molecule has 0 rings (SSSR count). The van der Waals surface area contributed by atoms with Crippen molar-refractivity contribution in [1.29, 1.82) is 0 Å². The third kappa shape index (κ3) is 17.3. The third-order valence-electron chi connectivity index (χ3n) is 6.17. The maximum Gasteiger partial charge on any atom is 0.220 e. The number of nitrogens with one attached hydrogen (secondary N) is 1. The highest BCUT2D eigenvalue weighted by atomic mass is 16.1. The number of carbonyl (C=O) groups excluding carboxylic acids is 1. The lowest BCUT2D eigenvalue weighted by molar-refractivity contribution is -0.904. The van der Waals surface area contributed by atoms with E-state index < -0.39 is 0 Å². The second-order valence-electron chi connectivity index (χ2n) is 8.66. The fourth-order valence-electron chi connectivity index (χ4n) is 3.45. The minimum atomic E-state index is 0.233. The minimum Gasteiger partial charge on any atom is -0.350 e. The summed E-state index contributed by atoms with van der Waals surface area (Å²) in [6, 6.07) is 0. The van der Waals surface area contributed by atoms with Crippen LogP contribution < -0.4 is 5.32 Å². The molecule has 28 heavy (non-hydrogen) atoms. The molecule has 0 aromatic rings. The Balaban J connectivity index is 3.36. The third-order valence-corrected chi connectivity index (χ3v) is 6.17. The molecule has 0 aliphatic carbocycles. The largest absolute Gasteiger partial charge is 0.350 e. The summed E-state index contributed by atoms with van der Waals surface area (Å²) < 4.78 is 1.04. The van der Waals surface area contributed by atoms with E-state index >= 15 is 0 Å². The molecule has 0 heterocycles. The van der Waals surface area contributed by atoms with Gasteiger partial charge in [0.15, 0.2) is 0 Å². The molecule has 3 nitrogen and oxygen atoms in total. The van der Waals surface area contributed by atoms with E-state index in [0.717, 1.165) is 37.1 Å². The van der Waals surface area contributed by atoms with Gasteiger partial charge in [-0.3, -0.25) is 4.79 Å². The molecule has 0 bridgehead atoms. The van der Waals surface area contributed by atoms with Crippen LogP contribution in [-0.2, 0) is 4.79 Å².